The molecule has 1 aliphatic carbocycles. The van der Waals surface area contributed by atoms with Crippen molar-refractivity contribution in [1.29, 1.82) is 0 Å². The first kappa shape index (κ1) is 9.19. The van der Waals surface area contributed by atoms with Crippen molar-refractivity contribution in [2.75, 3.05) is 0 Å². The summed E-state index contributed by atoms with van der Waals surface area (Å²) < 4.78 is 0. The number of nitrogens with zero attached hydrogens (tertiary/aromatic N) is 1. The fourth-order valence-corrected chi connectivity index (χ4v) is 1.87. The van der Waals surface area contributed by atoms with Crippen LogP contribution in [0.1, 0.15) is 36.7 Å². The molecule has 1 atom stereocenters. The lowest BCUT2D eigenvalue weighted by atomic mass is 9.91. The summed E-state index contributed by atoms with van der Waals surface area (Å²) in [6, 6.07) is 1.62. The van der Waals surface area contributed by atoms with Crippen molar-refractivity contribution in [2.24, 2.45) is 0 Å². The van der Waals surface area contributed by atoms with Gasteiger partial charge >= 0.3 is 0 Å². The summed E-state index contributed by atoms with van der Waals surface area (Å²) in [5.74, 6) is 1.14. The van der Waals surface area contributed by atoms with Gasteiger partial charge in [-0.2, -0.15) is 0 Å². The van der Waals surface area contributed by atoms with E-state index in [1.807, 2.05) is 6.92 Å². The highest BCUT2D eigenvalue weighted by Gasteiger charge is 2.14. The van der Waals surface area contributed by atoms with E-state index in [2.05, 4.69) is 22.1 Å². The highest BCUT2D eigenvalue weighted by Crippen LogP contribution is 2.26. The minimum absolute atomic E-state index is 0.0398. The molecule has 1 aliphatic rings. The fourth-order valence-electron chi connectivity index (χ4n) is 1.87. The quantitative estimate of drug-likeness (QED) is 0.687. The van der Waals surface area contributed by atoms with Crippen molar-refractivity contribution in [3.8, 4) is 0 Å². The van der Waals surface area contributed by atoms with Gasteiger partial charge in [0.1, 0.15) is 5.82 Å². The van der Waals surface area contributed by atoms with Crippen molar-refractivity contribution >= 4 is 0 Å². The molecule has 0 amide bonds. The van der Waals surface area contributed by atoms with Gasteiger partial charge < -0.3 is 4.98 Å². The number of aromatic nitrogens is 2. The van der Waals surface area contributed by atoms with Crippen molar-refractivity contribution in [2.45, 2.75) is 32.1 Å². The van der Waals surface area contributed by atoms with Crippen LogP contribution >= 0.6 is 0 Å². The Bertz CT molecular complexity index is 406. The number of aryl methyl sites for hydroxylation is 1. The van der Waals surface area contributed by atoms with E-state index in [0.29, 0.717) is 11.7 Å². The zero-order chi connectivity index (χ0) is 9.97. The minimum Gasteiger partial charge on any atom is -0.311 e. The average Bonchev–Trinajstić information content (AvgIpc) is 2.18. The molecule has 0 spiro atoms. The predicted molar refractivity (Wildman–Crippen MR) is 55.3 cm³/mol. The van der Waals surface area contributed by atoms with E-state index < -0.39 is 0 Å². The fraction of sp³-hybridized carbons (Fsp3) is 0.455. The summed E-state index contributed by atoms with van der Waals surface area (Å²) in [5.41, 5.74) is 0.901. The van der Waals surface area contributed by atoms with Crippen LogP contribution in [0.2, 0.25) is 0 Å². The van der Waals surface area contributed by atoms with E-state index in [-0.39, 0.29) is 5.56 Å². The van der Waals surface area contributed by atoms with Crippen LogP contribution in [0.4, 0.5) is 0 Å². The van der Waals surface area contributed by atoms with Crippen LogP contribution in [-0.2, 0) is 0 Å². The van der Waals surface area contributed by atoms with Crippen LogP contribution in [0.25, 0.3) is 0 Å². The van der Waals surface area contributed by atoms with Crippen molar-refractivity contribution < 1.29 is 0 Å². The molecule has 0 saturated heterocycles. The third-order valence-corrected chi connectivity index (χ3v) is 2.57. The summed E-state index contributed by atoms with van der Waals surface area (Å²) in [5, 5.41) is 0. The maximum atomic E-state index is 11.2. The van der Waals surface area contributed by atoms with E-state index in [1.165, 1.54) is 0 Å². The van der Waals surface area contributed by atoms with Gasteiger partial charge in [0.2, 0.25) is 0 Å². The van der Waals surface area contributed by atoms with Gasteiger partial charge in [-0.1, -0.05) is 12.2 Å². The predicted octanol–water partition coefficient (Wildman–Crippen LogP) is 1.90. The number of hydrogen-bond donors (Lipinski definition) is 1. The normalized spacial score (nSPS) is 21.1. The first-order valence-corrected chi connectivity index (χ1v) is 4.98. The number of rotatable bonds is 1. The molecule has 14 heavy (non-hydrogen) atoms. The molecule has 2 rings (SSSR count). The number of nitrogens with one attached hydrogen (secondary N) is 1. The summed E-state index contributed by atoms with van der Waals surface area (Å²) in [4.78, 5) is 18.3. The Kier molecular flexibility index (Phi) is 2.48. The lowest BCUT2D eigenvalue weighted by molar-refractivity contribution is 0.596. The molecule has 1 heterocycles. The summed E-state index contributed by atoms with van der Waals surface area (Å²) >= 11 is 0. The Balaban J connectivity index is 2.31. The number of allylic oxidation sites excluding steroid dienone is 2. The molecule has 1 aromatic rings. The maximum absolute atomic E-state index is 11.2. The molecule has 0 saturated carbocycles. The van der Waals surface area contributed by atoms with Gasteiger partial charge in [0.05, 0.1) is 5.69 Å². The molecule has 0 aliphatic heterocycles. The third-order valence-electron chi connectivity index (χ3n) is 2.57. The van der Waals surface area contributed by atoms with Crippen molar-refractivity contribution in [3.63, 3.8) is 0 Å². The van der Waals surface area contributed by atoms with E-state index in [9.17, 15) is 4.79 Å². The standard InChI is InChI=1S/C11H14N2O/c1-8-12-10(7-11(14)13-8)9-5-3-2-4-6-9/h2-3,7,9H,4-6H2,1H3,(H,12,13,14). The first-order valence-electron chi connectivity index (χ1n) is 4.98. The molecule has 1 unspecified atom stereocenters. The zero-order valence-electron chi connectivity index (χ0n) is 8.29. The zero-order valence-corrected chi connectivity index (χ0v) is 8.29. The Morgan fingerprint density at radius 1 is 1.50 bits per heavy atom. The second-order valence-corrected chi connectivity index (χ2v) is 3.74. The Morgan fingerprint density at radius 2 is 2.36 bits per heavy atom. The minimum atomic E-state index is -0.0398. The molecule has 1 N–H and O–H groups in total. The maximum Gasteiger partial charge on any atom is 0.251 e. The molecule has 0 radical (unpaired) electrons. The highest BCUT2D eigenvalue weighted by atomic mass is 16.1. The van der Waals surface area contributed by atoms with Crippen LogP contribution in [0.15, 0.2) is 23.0 Å². The summed E-state index contributed by atoms with van der Waals surface area (Å²) in [7, 11) is 0. The van der Waals surface area contributed by atoms with Crippen LogP contribution in [0.5, 0.6) is 0 Å². The Labute approximate surface area is 82.9 Å². The monoisotopic (exact) mass is 190 g/mol. The summed E-state index contributed by atoms with van der Waals surface area (Å²) in [6.07, 6.45) is 7.57. The summed E-state index contributed by atoms with van der Waals surface area (Å²) in [6.45, 7) is 1.82. The molecule has 3 nitrogen and oxygen atoms in total. The average molecular weight is 190 g/mol. The van der Waals surface area contributed by atoms with Crippen LogP contribution < -0.4 is 5.56 Å². The van der Waals surface area contributed by atoms with Gasteiger partial charge in [-0.25, -0.2) is 4.98 Å². The number of hydrogen-bond acceptors (Lipinski definition) is 2. The van der Waals surface area contributed by atoms with Gasteiger partial charge in [0.15, 0.2) is 0 Å². The van der Waals surface area contributed by atoms with Gasteiger partial charge in [0.25, 0.3) is 5.56 Å². The van der Waals surface area contributed by atoms with E-state index >= 15 is 0 Å². The molecule has 0 fully saturated rings. The van der Waals surface area contributed by atoms with Crippen molar-refractivity contribution in [1.82, 2.24) is 9.97 Å². The Hall–Kier alpha value is -1.38. The molecule has 0 bridgehead atoms. The molecular formula is C11H14N2O. The van der Waals surface area contributed by atoms with Gasteiger partial charge in [-0.05, 0) is 26.2 Å². The SMILES string of the molecule is Cc1nc(C2CC=CCC2)cc(=O)[nH]1. The third kappa shape index (κ3) is 1.92. The highest BCUT2D eigenvalue weighted by molar-refractivity contribution is 5.12. The van der Waals surface area contributed by atoms with Gasteiger partial charge in [-0.15, -0.1) is 0 Å². The van der Waals surface area contributed by atoms with Crippen LogP contribution in [0, 0.1) is 6.92 Å². The smallest absolute Gasteiger partial charge is 0.251 e. The molecule has 3 heteroatoms. The molecule has 1 aromatic heterocycles. The van der Waals surface area contributed by atoms with Gasteiger partial charge in [-0.3, -0.25) is 4.79 Å². The van der Waals surface area contributed by atoms with E-state index in [4.69, 9.17) is 0 Å². The molecule has 74 valence electrons. The van der Waals surface area contributed by atoms with E-state index in [1.54, 1.807) is 6.07 Å². The molecular weight excluding hydrogens is 176 g/mol. The topological polar surface area (TPSA) is 45.8 Å². The van der Waals surface area contributed by atoms with E-state index in [0.717, 1.165) is 25.0 Å². The van der Waals surface area contributed by atoms with Crippen LogP contribution in [-0.4, -0.2) is 9.97 Å². The second kappa shape index (κ2) is 3.78. The lowest BCUT2D eigenvalue weighted by Gasteiger charge is -2.16. The van der Waals surface area contributed by atoms with Crippen LogP contribution in [0.3, 0.4) is 0 Å². The Morgan fingerprint density at radius 3 is 3.00 bits per heavy atom. The molecule has 0 aromatic carbocycles. The number of H-pyrrole nitrogens is 1. The van der Waals surface area contributed by atoms with Gasteiger partial charge in [0, 0.05) is 12.0 Å². The number of aromatic amines is 1. The largest absolute Gasteiger partial charge is 0.311 e. The first-order chi connectivity index (χ1) is 6.75. The lowest BCUT2D eigenvalue weighted by Crippen LogP contribution is -2.13. The van der Waals surface area contributed by atoms with Crippen molar-refractivity contribution in [3.05, 3.63) is 40.1 Å². The second-order valence-electron chi connectivity index (χ2n) is 3.74.